The first-order valence-electron chi connectivity index (χ1n) is 15.6. The van der Waals surface area contributed by atoms with Crippen LogP contribution in [-0.4, -0.2) is 9.55 Å². The summed E-state index contributed by atoms with van der Waals surface area (Å²) in [4.78, 5) is 5.38. The van der Waals surface area contributed by atoms with Crippen LogP contribution in [0.3, 0.4) is 0 Å². The van der Waals surface area contributed by atoms with E-state index in [1.165, 1.54) is 49.0 Å². The average Bonchev–Trinajstić information content (AvgIpc) is 3.61. The first-order valence-corrected chi connectivity index (χ1v) is 16.4. The molecule has 0 amide bonds. The number of rotatable bonds is 6. The van der Waals surface area contributed by atoms with Crippen LogP contribution < -0.4 is 0 Å². The van der Waals surface area contributed by atoms with E-state index in [1.807, 2.05) is 0 Å². The number of nitrogens with zero attached hydrogens (tertiary/aromatic N) is 2. The van der Waals surface area contributed by atoms with Gasteiger partial charge < -0.3 is 0 Å². The van der Waals surface area contributed by atoms with Crippen LogP contribution in [0.5, 0.6) is 0 Å². The summed E-state index contributed by atoms with van der Waals surface area (Å²) in [6.45, 7) is 11.5. The van der Waals surface area contributed by atoms with Gasteiger partial charge in [0, 0.05) is 32.2 Å². The molecule has 3 heteroatoms. The maximum atomic E-state index is 5.38. The van der Waals surface area contributed by atoms with Crippen molar-refractivity contribution >= 4 is 32.5 Å². The van der Waals surface area contributed by atoms with E-state index in [2.05, 4.69) is 160 Å². The molecule has 7 rings (SSSR count). The lowest BCUT2D eigenvalue weighted by Crippen LogP contribution is -2.13. The van der Waals surface area contributed by atoms with E-state index < -0.39 is 0 Å². The summed E-state index contributed by atoms with van der Waals surface area (Å²) in [5.41, 5.74) is 11.9. The van der Waals surface area contributed by atoms with Crippen LogP contribution in [-0.2, 0) is 11.8 Å². The highest BCUT2D eigenvalue weighted by Gasteiger charge is 2.26. The summed E-state index contributed by atoms with van der Waals surface area (Å²) >= 11 is 1.80. The molecular formula is C41H38N2S. The van der Waals surface area contributed by atoms with Crippen molar-refractivity contribution in [3.05, 3.63) is 132 Å². The van der Waals surface area contributed by atoms with Crippen LogP contribution in [0.1, 0.15) is 45.7 Å². The van der Waals surface area contributed by atoms with Crippen LogP contribution in [0.2, 0.25) is 0 Å². The number of hydrogen-bond acceptors (Lipinski definition) is 2. The van der Waals surface area contributed by atoms with Crippen molar-refractivity contribution < 1.29 is 0 Å². The van der Waals surface area contributed by atoms with Crippen LogP contribution in [0.15, 0.2) is 121 Å². The fourth-order valence-corrected chi connectivity index (χ4v) is 7.18. The van der Waals surface area contributed by atoms with Crippen LogP contribution in [0.4, 0.5) is 0 Å². The molecule has 0 radical (unpaired) electrons. The molecule has 2 nitrogen and oxygen atoms in total. The molecule has 2 aromatic heterocycles. The van der Waals surface area contributed by atoms with Crippen molar-refractivity contribution in [1.29, 1.82) is 0 Å². The second-order valence-electron chi connectivity index (χ2n) is 13.2. The minimum Gasteiger partial charge on any atom is -0.291 e. The van der Waals surface area contributed by atoms with Gasteiger partial charge in [0.1, 0.15) is 5.82 Å². The number of fused-ring (bicyclic) bond motifs is 2. The summed E-state index contributed by atoms with van der Waals surface area (Å²) in [7, 11) is 0. The Morgan fingerprint density at radius 1 is 0.705 bits per heavy atom. The minimum absolute atomic E-state index is 0.0260. The first-order chi connectivity index (χ1) is 21.3. The van der Waals surface area contributed by atoms with Gasteiger partial charge in [-0.25, -0.2) is 4.98 Å². The number of thiophene rings is 1. The summed E-state index contributed by atoms with van der Waals surface area (Å²) in [6, 6.07) is 42.0. The zero-order valence-electron chi connectivity index (χ0n) is 26.1. The number of imidazole rings is 1. The van der Waals surface area contributed by atoms with E-state index in [-0.39, 0.29) is 5.41 Å². The molecule has 44 heavy (non-hydrogen) atoms. The van der Waals surface area contributed by atoms with Crippen LogP contribution in [0.25, 0.3) is 60.4 Å². The van der Waals surface area contributed by atoms with Crippen LogP contribution in [0, 0.1) is 5.92 Å². The minimum atomic E-state index is -0.0260. The van der Waals surface area contributed by atoms with Gasteiger partial charge in [-0.05, 0) is 76.4 Å². The smallest absolute Gasteiger partial charge is 0.147 e. The van der Waals surface area contributed by atoms with Gasteiger partial charge in [0.25, 0.3) is 0 Å². The monoisotopic (exact) mass is 590 g/mol. The Kier molecular flexibility index (Phi) is 7.22. The predicted octanol–water partition coefficient (Wildman–Crippen LogP) is 11.7. The van der Waals surface area contributed by atoms with Gasteiger partial charge >= 0.3 is 0 Å². The van der Waals surface area contributed by atoms with Gasteiger partial charge in [-0.1, -0.05) is 113 Å². The van der Waals surface area contributed by atoms with Crippen molar-refractivity contribution in [2.24, 2.45) is 5.92 Å². The quantitative estimate of drug-likeness (QED) is 0.188. The third-order valence-corrected chi connectivity index (χ3v) is 9.42. The molecule has 0 aliphatic carbocycles. The fraction of sp³-hybridized carbons (Fsp3) is 0.195. The molecule has 0 bridgehead atoms. The molecule has 0 unspecified atom stereocenters. The molecule has 0 saturated heterocycles. The third kappa shape index (κ3) is 5.16. The Bertz CT molecular complexity index is 2030. The Labute approximate surface area is 264 Å². The van der Waals surface area contributed by atoms with Crippen molar-refractivity contribution in [3.63, 3.8) is 0 Å². The Morgan fingerprint density at radius 2 is 1.32 bits per heavy atom. The van der Waals surface area contributed by atoms with Gasteiger partial charge in [0.2, 0.25) is 0 Å². The molecule has 0 atom stereocenters. The standard InChI is InChI=1S/C41H38N2S/c1-27(2)22-28-20-21-38-34(23-28)35(26-44-38)40-42-36-18-12-13-19-37(36)43(40)39-32(29-14-8-6-9-15-29)24-31(41(3,4)5)25-33(39)30-16-10-7-11-17-30/h6-21,23-27H,22H2,1-5H3. The normalized spacial score (nSPS) is 12.0. The zero-order valence-corrected chi connectivity index (χ0v) is 27.0. The topological polar surface area (TPSA) is 17.8 Å². The van der Waals surface area contributed by atoms with E-state index in [4.69, 9.17) is 4.98 Å². The van der Waals surface area contributed by atoms with Gasteiger partial charge in [0.05, 0.1) is 16.7 Å². The van der Waals surface area contributed by atoms with Crippen molar-refractivity contribution in [3.8, 4) is 39.3 Å². The maximum Gasteiger partial charge on any atom is 0.147 e. The van der Waals surface area contributed by atoms with Gasteiger partial charge in [-0.2, -0.15) is 0 Å². The first kappa shape index (κ1) is 28.3. The second kappa shape index (κ2) is 11.2. The van der Waals surface area contributed by atoms with E-state index in [0.29, 0.717) is 5.92 Å². The Hall–Kier alpha value is -4.47. The number of para-hydroxylation sites is 2. The molecule has 7 aromatic rings. The lowest BCUT2D eigenvalue weighted by atomic mass is 9.82. The second-order valence-corrected chi connectivity index (χ2v) is 14.2. The van der Waals surface area contributed by atoms with Gasteiger partial charge in [-0.15, -0.1) is 11.3 Å². The number of benzene rings is 5. The van der Waals surface area contributed by atoms with Crippen molar-refractivity contribution in [1.82, 2.24) is 9.55 Å². The Balaban J connectivity index is 1.62. The average molecular weight is 591 g/mol. The fourth-order valence-electron chi connectivity index (χ4n) is 6.26. The molecule has 0 saturated carbocycles. The van der Waals surface area contributed by atoms with E-state index >= 15 is 0 Å². The SMILES string of the molecule is CC(C)Cc1ccc2scc(-c3nc4ccccc4n3-c3c(-c4ccccc4)cc(C(C)(C)C)cc3-c3ccccc3)c2c1. The summed E-state index contributed by atoms with van der Waals surface area (Å²) in [5, 5.41) is 3.58. The molecule has 218 valence electrons. The summed E-state index contributed by atoms with van der Waals surface area (Å²) in [5.74, 6) is 1.58. The van der Waals surface area contributed by atoms with Crippen molar-refractivity contribution in [2.45, 2.75) is 46.5 Å². The number of hydrogen-bond donors (Lipinski definition) is 0. The highest BCUT2D eigenvalue weighted by atomic mass is 32.1. The van der Waals surface area contributed by atoms with Gasteiger partial charge in [-0.3, -0.25) is 4.57 Å². The highest BCUT2D eigenvalue weighted by molar-refractivity contribution is 7.17. The molecule has 2 heterocycles. The molecule has 0 spiro atoms. The summed E-state index contributed by atoms with van der Waals surface area (Å²) < 4.78 is 3.73. The van der Waals surface area contributed by atoms with Crippen molar-refractivity contribution in [2.75, 3.05) is 0 Å². The van der Waals surface area contributed by atoms with Crippen LogP contribution >= 0.6 is 11.3 Å². The highest BCUT2D eigenvalue weighted by Crippen LogP contribution is 2.44. The predicted molar refractivity (Wildman–Crippen MR) is 190 cm³/mol. The molecule has 0 aliphatic rings. The lowest BCUT2D eigenvalue weighted by Gasteiger charge is -2.26. The maximum absolute atomic E-state index is 5.38. The van der Waals surface area contributed by atoms with E-state index in [0.717, 1.165) is 29.0 Å². The van der Waals surface area contributed by atoms with E-state index in [1.54, 1.807) is 11.3 Å². The largest absolute Gasteiger partial charge is 0.291 e. The third-order valence-electron chi connectivity index (χ3n) is 8.45. The lowest BCUT2D eigenvalue weighted by molar-refractivity contribution is 0.590. The molecular weight excluding hydrogens is 553 g/mol. The summed E-state index contributed by atoms with van der Waals surface area (Å²) in [6.07, 6.45) is 1.06. The van der Waals surface area contributed by atoms with Gasteiger partial charge in [0.15, 0.2) is 0 Å². The number of aromatic nitrogens is 2. The Morgan fingerprint density at radius 3 is 1.93 bits per heavy atom. The molecule has 0 N–H and O–H groups in total. The molecule has 0 aliphatic heterocycles. The zero-order chi connectivity index (χ0) is 30.4. The van der Waals surface area contributed by atoms with E-state index in [9.17, 15) is 0 Å². The molecule has 5 aromatic carbocycles. The molecule has 0 fully saturated rings.